The van der Waals surface area contributed by atoms with Gasteiger partial charge < -0.3 is 9.22 Å². The van der Waals surface area contributed by atoms with E-state index in [2.05, 4.69) is 113 Å². The van der Waals surface area contributed by atoms with Crippen LogP contribution in [-0.4, -0.2) is 38.8 Å². The third-order valence-corrected chi connectivity index (χ3v) is 5.01. The fraction of sp³-hybridized carbons (Fsp3) is 0.259. The molecule has 0 aromatic heterocycles. The van der Waals surface area contributed by atoms with E-state index in [1.54, 1.807) is 0 Å². The second-order valence-electron chi connectivity index (χ2n) is 8.33. The average molecular weight is 387 g/mol. The normalized spacial score (nSPS) is 12.4. The number of rotatable bonds is 8. The first kappa shape index (κ1) is 20.9. The number of likely N-dealkylation sites (N-methyl/N-ethyl adjacent to an activating group) is 1. The third kappa shape index (κ3) is 5.82. The Balaban J connectivity index is 1.96. The highest BCUT2D eigenvalue weighted by atomic mass is 16.5. The summed E-state index contributed by atoms with van der Waals surface area (Å²) in [7, 11) is 6.54. The van der Waals surface area contributed by atoms with Gasteiger partial charge in [0.05, 0.1) is 21.1 Å². The highest BCUT2D eigenvalue weighted by Crippen LogP contribution is 2.34. The van der Waals surface area contributed by atoms with Crippen LogP contribution in [0.1, 0.15) is 30.0 Å². The fourth-order valence-corrected chi connectivity index (χ4v) is 3.44. The van der Waals surface area contributed by atoms with Gasteiger partial charge in [0.2, 0.25) is 0 Å². The van der Waals surface area contributed by atoms with Gasteiger partial charge in [0.25, 0.3) is 0 Å². The first-order chi connectivity index (χ1) is 14.0. The van der Waals surface area contributed by atoms with Crippen molar-refractivity contribution in [3.05, 3.63) is 102 Å². The molecule has 0 N–H and O–H groups in total. The monoisotopic (exact) mass is 386 g/mol. The van der Waals surface area contributed by atoms with Crippen LogP contribution in [-0.2, 0) is 0 Å². The molecule has 3 rings (SSSR count). The standard InChI is InChI=1S/C27H32NO/c1-5-26(22-12-8-6-9-13-22)27(23-14-10-7-11-15-23)24-16-18-25(19-17-24)29-21-20-28(2,3)4/h6-19H,5,20-21H2,1-4H3/q+1. The Labute approximate surface area is 175 Å². The molecule has 0 bridgehead atoms. The molecule has 0 heterocycles. The van der Waals surface area contributed by atoms with Gasteiger partial charge in [-0.1, -0.05) is 79.7 Å². The van der Waals surface area contributed by atoms with Gasteiger partial charge in [0, 0.05) is 0 Å². The zero-order valence-electron chi connectivity index (χ0n) is 18.1. The second-order valence-corrected chi connectivity index (χ2v) is 8.33. The molecule has 0 saturated carbocycles. The van der Waals surface area contributed by atoms with Gasteiger partial charge in [-0.2, -0.15) is 0 Å². The average Bonchev–Trinajstić information content (AvgIpc) is 2.73. The van der Waals surface area contributed by atoms with E-state index in [-0.39, 0.29) is 0 Å². The van der Waals surface area contributed by atoms with Gasteiger partial charge in [-0.15, -0.1) is 0 Å². The minimum absolute atomic E-state index is 0.717. The molecule has 0 spiro atoms. The SMILES string of the molecule is CCC(=C(c1ccccc1)c1ccc(OCC[N+](C)(C)C)cc1)c1ccccc1. The van der Waals surface area contributed by atoms with Crippen LogP contribution in [0.3, 0.4) is 0 Å². The summed E-state index contributed by atoms with van der Waals surface area (Å²) in [6, 6.07) is 29.9. The Kier molecular flexibility index (Phi) is 6.90. The molecular weight excluding hydrogens is 354 g/mol. The van der Waals surface area contributed by atoms with Crippen molar-refractivity contribution in [2.45, 2.75) is 13.3 Å². The maximum Gasteiger partial charge on any atom is 0.137 e. The lowest BCUT2D eigenvalue weighted by atomic mass is 9.88. The van der Waals surface area contributed by atoms with Gasteiger partial charge in [0.15, 0.2) is 0 Å². The Bertz CT molecular complexity index is 920. The number of allylic oxidation sites excluding steroid dienone is 1. The van der Waals surface area contributed by atoms with Crippen LogP contribution < -0.4 is 4.74 Å². The Hall–Kier alpha value is -2.84. The highest BCUT2D eigenvalue weighted by molar-refractivity contribution is 5.98. The van der Waals surface area contributed by atoms with Crippen LogP contribution in [0.2, 0.25) is 0 Å². The number of quaternary nitrogens is 1. The second kappa shape index (κ2) is 9.58. The summed E-state index contributed by atoms with van der Waals surface area (Å²) in [5.41, 5.74) is 6.38. The van der Waals surface area contributed by atoms with Gasteiger partial charge >= 0.3 is 0 Å². The molecule has 0 radical (unpaired) electrons. The Morgan fingerprint density at radius 3 is 1.72 bits per heavy atom. The van der Waals surface area contributed by atoms with Crippen LogP contribution in [0.5, 0.6) is 5.75 Å². The van der Waals surface area contributed by atoms with E-state index in [0.717, 1.165) is 23.2 Å². The van der Waals surface area contributed by atoms with Crippen molar-refractivity contribution in [3.8, 4) is 5.75 Å². The van der Waals surface area contributed by atoms with Gasteiger partial charge in [-0.05, 0) is 46.4 Å². The van der Waals surface area contributed by atoms with Gasteiger partial charge in [-0.3, -0.25) is 0 Å². The number of hydrogen-bond donors (Lipinski definition) is 0. The van der Waals surface area contributed by atoms with E-state index in [0.29, 0.717) is 6.61 Å². The molecule has 0 fully saturated rings. The lowest BCUT2D eigenvalue weighted by Crippen LogP contribution is -2.38. The number of hydrogen-bond acceptors (Lipinski definition) is 1. The van der Waals surface area contributed by atoms with Crippen LogP contribution in [0, 0.1) is 0 Å². The molecule has 2 nitrogen and oxygen atoms in total. The number of nitrogens with zero attached hydrogens (tertiary/aromatic N) is 1. The molecule has 0 aliphatic rings. The van der Waals surface area contributed by atoms with E-state index in [1.165, 1.54) is 27.8 Å². The molecule has 0 amide bonds. The molecule has 3 aromatic carbocycles. The van der Waals surface area contributed by atoms with E-state index in [9.17, 15) is 0 Å². The van der Waals surface area contributed by atoms with Crippen molar-refractivity contribution in [2.24, 2.45) is 0 Å². The van der Waals surface area contributed by atoms with Crippen LogP contribution in [0.15, 0.2) is 84.9 Å². The van der Waals surface area contributed by atoms with Crippen molar-refractivity contribution in [3.63, 3.8) is 0 Å². The quantitative estimate of drug-likeness (QED) is 0.334. The highest BCUT2D eigenvalue weighted by Gasteiger charge is 2.13. The minimum atomic E-state index is 0.717. The third-order valence-electron chi connectivity index (χ3n) is 5.01. The maximum absolute atomic E-state index is 5.96. The zero-order valence-corrected chi connectivity index (χ0v) is 18.1. The van der Waals surface area contributed by atoms with E-state index in [1.807, 2.05) is 0 Å². The summed E-state index contributed by atoms with van der Waals surface area (Å²) >= 11 is 0. The molecule has 0 aliphatic carbocycles. The van der Waals surface area contributed by atoms with Crippen molar-refractivity contribution < 1.29 is 9.22 Å². The zero-order chi connectivity index (χ0) is 20.7. The molecule has 0 aliphatic heterocycles. The number of benzene rings is 3. The van der Waals surface area contributed by atoms with E-state index < -0.39 is 0 Å². The number of ether oxygens (including phenoxy) is 1. The molecule has 0 saturated heterocycles. The summed E-state index contributed by atoms with van der Waals surface area (Å²) in [6.07, 6.45) is 0.968. The van der Waals surface area contributed by atoms with Crippen molar-refractivity contribution in [2.75, 3.05) is 34.3 Å². The van der Waals surface area contributed by atoms with Crippen molar-refractivity contribution in [1.82, 2.24) is 0 Å². The first-order valence-corrected chi connectivity index (χ1v) is 10.4. The molecule has 3 aromatic rings. The van der Waals surface area contributed by atoms with Crippen molar-refractivity contribution >= 4 is 11.1 Å². The lowest BCUT2D eigenvalue weighted by molar-refractivity contribution is -0.870. The summed E-state index contributed by atoms with van der Waals surface area (Å²) < 4.78 is 6.86. The molecule has 150 valence electrons. The summed E-state index contributed by atoms with van der Waals surface area (Å²) in [5.74, 6) is 0.923. The maximum atomic E-state index is 5.96. The van der Waals surface area contributed by atoms with E-state index >= 15 is 0 Å². The Morgan fingerprint density at radius 2 is 1.21 bits per heavy atom. The summed E-state index contributed by atoms with van der Waals surface area (Å²) in [4.78, 5) is 0. The molecule has 0 atom stereocenters. The predicted octanol–water partition coefficient (Wildman–Crippen LogP) is 6.14. The lowest BCUT2D eigenvalue weighted by Gasteiger charge is -2.23. The molecule has 2 heteroatoms. The first-order valence-electron chi connectivity index (χ1n) is 10.4. The topological polar surface area (TPSA) is 9.23 Å². The Morgan fingerprint density at radius 1 is 0.690 bits per heavy atom. The molecule has 29 heavy (non-hydrogen) atoms. The van der Waals surface area contributed by atoms with Crippen LogP contribution in [0.25, 0.3) is 11.1 Å². The van der Waals surface area contributed by atoms with Gasteiger partial charge in [-0.25, -0.2) is 0 Å². The smallest absolute Gasteiger partial charge is 0.137 e. The summed E-state index contributed by atoms with van der Waals surface area (Å²) in [6.45, 7) is 3.92. The predicted molar refractivity (Wildman–Crippen MR) is 124 cm³/mol. The van der Waals surface area contributed by atoms with Gasteiger partial charge in [0.1, 0.15) is 18.9 Å². The van der Waals surface area contributed by atoms with Crippen molar-refractivity contribution in [1.29, 1.82) is 0 Å². The fourth-order valence-electron chi connectivity index (χ4n) is 3.44. The largest absolute Gasteiger partial charge is 0.488 e. The minimum Gasteiger partial charge on any atom is -0.488 e. The van der Waals surface area contributed by atoms with E-state index in [4.69, 9.17) is 4.74 Å². The summed E-state index contributed by atoms with van der Waals surface area (Å²) in [5, 5.41) is 0. The molecule has 0 unspecified atom stereocenters. The molecular formula is C27H32NO+. The van der Waals surface area contributed by atoms with Crippen LogP contribution >= 0.6 is 0 Å². The van der Waals surface area contributed by atoms with Crippen LogP contribution in [0.4, 0.5) is 0 Å².